The normalized spacial score (nSPS) is 10.9. The molecule has 0 spiro atoms. The Balaban J connectivity index is 1.39. The SMILES string of the molecule is O=C(CSc1nc2ccc([N+](=O)[O-])cc2s1)Nc1nc(-c2ccccc2Cl)cs1. The zero-order valence-electron chi connectivity index (χ0n) is 14.5. The summed E-state index contributed by atoms with van der Waals surface area (Å²) in [5.74, 6) is -0.0524. The second-order valence-corrected chi connectivity index (χ2v) is 9.26. The number of anilines is 1. The molecule has 11 heteroatoms. The van der Waals surface area contributed by atoms with Gasteiger partial charge in [-0.25, -0.2) is 9.97 Å². The number of thioether (sulfide) groups is 1. The van der Waals surface area contributed by atoms with Gasteiger partial charge in [0.25, 0.3) is 5.69 Å². The summed E-state index contributed by atoms with van der Waals surface area (Å²) in [6, 6.07) is 11.9. The third-order valence-electron chi connectivity index (χ3n) is 3.79. The number of carbonyl (C=O) groups excluding carboxylic acids is 1. The van der Waals surface area contributed by atoms with Crippen LogP contribution in [0.4, 0.5) is 10.8 Å². The third kappa shape index (κ3) is 4.56. The van der Waals surface area contributed by atoms with Crippen molar-refractivity contribution in [3.05, 3.63) is 63.0 Å². The van der Waals surface area contributed by atoms with E-state index in [2.05, 4.69) is 15.3 Å². The van der Waals surface area contributed by atoms with E-state index in [1.807, 2.05) is 23.6 Å². The van der Waals surface area contributed by atoms with Crippen molar-refractivity contribution in [1.82, 2.24) is 9.97 Å². The molecule has 0 unspecified atom stereocenters. The van der Waals surface area contributed by atoms with Crippen LogP contribution in [0.25, 0.3) is 21.5 Å². The highest BCUT2D eigenvalue weighted by atomic mass is 35.5. The first-order chi connectivity index (χ1) is 14.0. The Bertz CT molecular complexity index is 1220. The number of nitro benzene ring substituents is 1. The predicted octanol–water partition coefficient (Wildman–Crippen LogP) is 5.71. The van der Waals surface area contributed by atoms with E-state index in [1.54, 1.807) is 12.1 Å². The Kier molecular flexibility index (Phi) is 5.76. The van der Waals surface area contributed by atoms with Crippen molar-refractivity contribution in [1.29, 1.82) is 0 Å². The Hall–Kier alpha value is -2.53. The van der Waals surface area contributed by atoms with Gasteiger partial charge in [0, 0.05) is 28.1 Å². The Morgan fingerprint density at radius 3 is 2.86 bits per heavy atom. The quantitative estimate of drug-likeness (QED) is 0.224. The van der Waals surface area contributed by atoms with E-state index in [4.69, 9.17) is 11.6 Å². The van der Waals surface area contributed by atoms with Crippen LogP contribution in [-0.2, 0) is 4.79 Å². The predicted molar refractivity (Wildman–Crippen MR) is 118 cm³/mol. The van der Waals surface area contributed by atoms with E-state index in [0.29, 0.717) is 30.4 Å². The molecule has 0 saturated heterocycles. The maximum absolute atomic E-state index is 12.3. The fourth-order valence-electron chi connectivity index (χ4n) is 2.47. The van der Waals surface area contributed by atoms with Crippen LogP contribution in [0.2, 0.25) is 5.02 Å². The van der Waals surface area contributed by atoms with Gasteiger partial charge in [-0.3, -0.25) is 14.9 Å². The number of carbonyl (C=O) groups is 1. The molecule has 1 N–H and O–H groups in total. The van der Waals surface area contributed by atoms with E-state index >= 15 is 0 Å². The Labute approximate surface area is 181 Å². The summed E-state index contributed by atoms with van der Waals surface area (Å²) in [5, 5.41) is 16.6. The van der Waals surface area contributed by atoms with Crippen molar-refractivity contribution >= 4 is 73.0 Å². The van der Waals surface area contributed by atoms with Crippen molar-refractivity contribution in [2.24, 2.45) is 0 Å². The summed E-state index contributed by atoms with van der Waals surface area (Å²) in [6.07, 6.45) is 0. The molecule has 0 radical (unpaired) electrons. The summed E-state index contributed by atoms with van der Waals surface area (Å²) in [7, 11) is 0. The van der Waals surface area contributed by atoms with E-state index in [-0.39, 0.29) is 17.3 Å². The molecule has 2 aromatic carbocycles. The van der Waals surface area contributed by atoms with Crippen LogP contribution >= 0.6 is 46.0 Å². The van der Waals surface area contributed by atoms with Gasteiger partial charge in [-0.05, 0) is 12.1 Å². The molecule has 7 nitrogen and oxygen atoms in total. The minimum atomic E-state index is -0.440. The monoisotopic (exact) mass is 462 g/mol. The van der Waals surface area contributed by atoms with Gasteiger partial charge in [-0.1, -0.05) is 41.6 Å². The largest absolute Gasteiger partial charge is 0.301 e. The average Bonchev–Trinajstić information content (AvgIpc) is 3.32. The van der Waals surface area contributed by atoms with Gasteiger partial charge < -0.3 is 5.32 Å². The Morgan fingerprint density at radius 1 is 1.24 bits per heavy atom. The Morgan fingerprint density at radius 2 is 2.07 bits per heavy atom. The number of amides is 1. The molecular formula is C18H11ClN4O3S3. The molecule has 0 aliphatic carbocycles. The van der Waals surface area contributed by atoms with Gasteiger partial charge in [0.2, 0.25) is 5.91 Å². The van der Waals surface area contributed by atoms with Gasteiger partial charge in [0.15, 0.2) is 9.47 Å². The molecule has 0 fully saturated rings. The first-order valence-corrected chi connectivity index (χ1v) is 11.2. The topological polar surface area (TPSA) is 98.0 Å². The summed E-state index contributed by atoms with van der Waals surface area (Å²) >= 11 is 10.1. The van der Waals surface area contributed by atoms with Crippen molar-refractivity contribution in [3.63, 3.8) is 0 Å². The number of nitrogens with zero attached hydrogens (tertiary/aromatic N) is 3. The first kappa shape index (κ1) is 19.8. The maximum atomic E-state index is 12.3. The van der Waals surface area contributed by atoms with Gasteiger partial charge in [0.05, 0.1) is 26.6 Å². The van der Waals surface area contributed by atoms with Crippen molar-refractivity contribution in [2.75, 3.05) is 11.1 Å². The average molecular weight is 463 g/mol. The number of hydrogen-bond donors (Lipinski definition) is 1. The summed E-state index contributed by atoms with van der Waals surface area (Å²) in [6.45, 7) is 0. The highest BCUT2D eigenvalue weighted by molar-refractivity contribution is 8.01. The number of nitrogens with one attached hydrogen (secondary N) is 1. The molecule has 0 atom stereocenters. The van der Waals surface area contributed by atoms with Crippen LogP contribution in [0.3, 0.4) is 0 Å². The maximum Gasteiger partial charge on any atom is 0.270 e. The van der Waals surface area contributed by atoms with Crippen LogP contribution in [-0.4, -0.2) is 26.6 Å². The number of thiazole rings is 2. The van der Waals surface area contributed by atoms with Crippen molar-refractivity contribution in [2.45, 2.75) is 4.34 Å². The molecule has 29 heavy (non-hydrogen) atoms. The number of halogens is 1. The second kappa shape index (κ2) is 8.46. The van der Waals surface area contributed by atoms with Gasteiger partial charge in [0.1, 0.15) is 0 Å². The summed E-state index contributed by atoms with van der Waals surface area (Å²) in [5.41, 5.74) is 2.21. The van der Waals surface area contributed by atoms with Crippen molar-refractivity contribution in [3.8, 4) is 11.3 Å². The minimum absolute atomic E-state index is 0.0218. The lowest BCUT2D eigenvalue weighted by molar-refractivity contribution is -0.384. The molecule has 146 valence electrons. The van der Waals surface area contributed by atoms with E-state index in [1.165, 1.54) is 46.6 Å². The zero-order chi connectivity index (χ0) is 20.4. The number of rotatable bonds is 6. The number of hydrogen-bond acceptors (Lipinski definition) is 8. The van der Waals surface area contributed by atoms with Crippen molar-refractivity contribution < 1.29 is 9.72 Å². The second-order valence-electron chi connectivity index (χ2n) is 5.74. The van der Waals surface area contributed by atoms with Gasteiger partial charge >= 0.3 is 0 Å². The fraction of sp³-hybridized carbons (Fsp3) is 0.0556. The number of non-ortho nitro benzene ring substituents is 1. The molecule has 1 amide bonds. The molecule has 2 heterocycles. The van der Waals surface area contributed by atoms with Gasteiger partial charge in [-0.2, -0.15) is 0 Å². The standard InChI is InChI=1S/C18H11ClN4O3S3/c19-12-4-2-1-3-11(12)14-8-27-17(20-14)22-16(24)9-28-18-21-13-6-5-10(23(25)26)7-15(13)29-18/h1-8H,9H2,(H,20,22,24). The highest BCUT2D eigenvalue weighted by Gasteiger charge is 2.13. The zero-order valence-corrected chi connectivity index (χ0v) is 17.7. The third-order valence-corrected chi connectivity index (χ3v) is 7.04. The number of fused-ring (bicyclic) bond motifs is 1. The lowest BCUT2D eigenvalue weighted by Crippen LogP contribution is -2.13. The molecule has 0 saturated carbocycles. The fourth-order valence-corrected chi connectivity index (χ4v) is 5.33. The van der Waals surface area contributed by atoms with E-state index < -0.39 is 4.92 Å². The van der Waals surface area contributed by atoms with Crippen LogP contribution in [0.1, 0.15) is 0 Å². The lowest BCUT2D eigenvalue weighted by Gasteiger charge is -2.01. The molecule has 2 aromatic heterocycles. The number of nitro groups is 1. The molecule has 0 aliphatic rings. The van der Waals surface area contributed by atoms with Crippen LogP contribution in [0.5, 0.6) is 0 Å². The molecular weight excluding hydrogens is 452 g/mol. The molecule has 4 rings (SSSR count). The molecule has 0 aliphatic heterocycles. The van der Waals surface area contributed by atoms with Crippen LogP contribution in [0.15, 0.2) is 52.2 Å². The molecule has 0 bridgehead atoms. The highest BCUT2D eigenvalue weighted by Crippen LogP contribution is 2.33. The van der Waals surface area contributed by atoms with E-state index in [9.17, 15) is 14.9 Å². The molecule has 4 aromatic rings. The summed E-state index contributed by atoms with van der Waals surface area (Å²) < 4.78 is 1.39. The smallest absolute Gasteiger partial charge is 0.270 e. The number of aromatic nitrogens is 2. The lowest BCUT2D eigenvalue weighted by atomic mass is 10.2. The summed E-state index contributed by atoms with van der Waals surface area (Å²) in [4.78, 5) is 31.5. The van der Waals surface area contributed by atoms with E-state index in [0.717, 1.165) is 5.56 Å². The van der Waals surface area contributed by atoms with Crippen LogP contribution in [0, 0.1) is 10.1 Å². The number of benzene rings is 2. The van der Waals surface area contributed by atoms with Crippen LogP contribution < -0.4 is 5.32 Å². The minimum Gasteiger partial charge on any atom is -0.301 e. The first-order valence-electron chi connectivity index (χ1n) is 8.17. The van der Waals surface area contributed by atoms with Gasteiger partial charge in [-0.15, -0.1) is 22.7 Å².